The second-order valence-corrected chi connectivity index (χ2v) is 5.33. The lowest BCUT2D eigenvalue weighted by atomic mass is 10.2. The third-order valence-corrected chi connectivity index (χ3v) is 4.26. The second kappa shape index (κ2) is 3.28. The SMILES string of the molecule is Cn1c2ccccc2n2c3[n+](cc12)Cc1cccnc1-3. The van der Waals surface area contributed by atoms with Crippen LogP contribution in [0.2, 0.25) is 0 Å². The highest BCUT2D eigenvalue weighted by Gasteiger charge is 2.33. The van der Waals surface area contributed by atoms with Gasteiger partial charge in [0.25, 0.3) is 0 Å². The minimum Gasteiger partial charge on any atom is -0.305 e. The Balaban J connectivity index is 2.03. The van der Waals surface area contributed by atoms with E-state index in [9.17, 15) is 0 Å². The molecule has 1 aliphatic heterocycles. The van der Waals surface area contributed by atoms with Crippen LogP contribution in [0.3, 0.4) is 0 Å². The maximum absolute atomic E-state index is 4.59. The van der Waals surface area contributed by atoms with Crippen molar-refractivity contribution in [2.24, 2.45) is 7.05 Å². The van der Waals surface area contributed by atoms with E-state index >= 15 is 0 Å². The summed E-state index contributed by atoms with van der Waals surface area (Å²) in [6.07, 6.45) is 4.09. The highest BCUT2D eigenvalue weighted by atomic mass is 15.2. The van der Waals surface area contributed by atoms with E-state index in [1.165, 1.54) is 28.1 Å². The van der Waals surface area contributed by atoms with E-state index in [0.29, 0.717) is 0 Å². The van der Waals surface area contributed by atoms with Gasteiger partial charge in [0, 0.05) is 18.8 Å². The number of imidazole rings is 2. The molecule has 0 saturated carbocycles. The van der Waals surface area contributed by atoms with Crippen molar-refractivity contribution < 1.29 is 4.57 Å². The van der Waals surface area contributed by atoms with Crippen LogP contribution in [0.15, 0.2) is 48.8 Å². The van der Waals surface area contributed by atoms with E-state index in [0.717, 1.165) is 12.2 Å². The Morgan fingerprint density at radius 3 is 2.85 bits per heavy atom. The number of aromatic nitrogens is 4. The first-order valence-corrected chi connectivity index (χ1v) is 6.77. The molecule has 1 aliphatic rings. The lowest BCUT2D eigenvalue weighted by Gasteiger charge is -1.92. The number of rotatable bonds is 0. The van der Waals surface area contributed by atoms with Crippen LogP contribution in [0.5, 0.6) is 0 Å². The Labute approximate surface area is 115 Å². The zero-order valence-corrected chi connectivity index (χ0v) is 11.1. The van der Waals surface area contributed by atoms with Gasteiger partial charge in [-0.05, 0) is 18.2 Å². The van der Waals surface area contributed by atoms with Gasteiger partial charge >= 0.3 is 5.82 Å². The molecule has 0 aliphatic carbocycles. The van der Waals surface area contributed by atoms with E-state index < -0.39 is 0 Å². The van der Waals surface area contributed by atoms with E-state index in [2.05, 4.69) is 62.1 Å². The first kappa shape index (κ1) is 10.2. The number of nitrogens with zero attached hydrogens (tertiary/aromatic N) is 4. The highest BCUT2D eigenvalue weighted by Crippen LogP contribution is 2.30. The van der Waals surface area contributed by atoms with Gasteiger partial charge < -0.3 is 4.57 Å². The zero-order valence-electron chi connectivity index (χ0n) is 11.1. The van der Waals surface area contributed by atoms with Crippen LogP contribution in [-0.4, -0.2) is 14.0 Å². The zero-order chi connectivity index (χ0) is 13.3. The molecule has 0 fully saturated rings. The molecule has 4 nitrogen and oxygen atoms in total. The summed E-state index contributed by atoms with van der Waals surface area (Å²) in [5, 5.41) is 0. The summed E-state index contributed by atoms with van der Waals surface area (Å²) in [4.78, 5) is 4.59. The summed E-state index contributed by atoms with van der Waals surface area (Å²) in [6.45, 7) is 0.911. The molecule has 0 spiro atoms. The first-order chi connectivity index (χ1) is 9.84. The number of hydrogen-bond acceptors (Lipinski definition) is 1. The smallest absolute Gasteiger partial charge is 0.305 e. The second-order valence-electron chi connectivity index (χ2n) is 5.33. The Hall–Kier alpha value is -2.62. The largest absolute Gasteiger partial charge is 0.315 e. The van der Waals surface area contributed by atoms with Crippen molar-refractivity contribution >= 4 is 16.7 Å². The molecule has 0 amide bonds. The molecule has 4 aromatic rings. The van der Waals surface area contributed by atoms with Crippen LogP contribution in [0, 0.1) is 0 Å². The molecule has 4 heteroatoms. The fourth-order valence-corrected chi connectivity index (χ4v) is 3.34. The van der Waals surface area contributed by atoms with Gasteiger partial charge in [-0.15, -0.1) is 0 Å². The summed E-state index contributed by atoms with van der Waals surface area (Å²) < 4.78 is 6.84. The van der Waals surface area contributed by atoms with Crippen molar-refractivity contribution in [1.29, 1.82) is 0 Å². The number of benzene rings is 1. The molecule has 0 radical (unpaired) electrons. The Morgan fingerprint density at radius 1 is 1.10 bits per heavy atom. The van der Waals surface area contributed by atoms with Gasteiger partial charge in [-0.2, -0.15) is 4.40 Å². The van der Waals surface area contributed by atoms with Gasteiger partial charge in [-0.3, -0.25) is 0 Å². The molecule has 1 aromatic carbocycles. The van der Waals surface area contributed by atoms with Crippen molar-refractivity contribution in [2.75, 3.05) is 0 Å². The van der Waals surface area contributed by atoms with Crippen LogP contribution in [0.4, 0.5) is 0 Å². The lowest BCUT2D eigenvalue weighted by molar-refractivity contribution is -0.670. The third-order valence-electron chi connectivity index (χ3n) is 4.26. The molecule has 0 N–H and O–H groups in total. The molecular weight excluding hydrogens is 248 g/mol. The Bertz CT molecular complexity index is 990. The predicted molar refractivity (Wildman–Crippen MR) is 76.4 cm³/mol. The summed E-state index contributed by atoms with van der Waals surface area (Å²) >= 11 is 0. The predicted octanol–water partition coefficient (Wildman–Crippen LogP) is 2.14. The fourth-order valence-electron chi connectivity index (χ4n) is 3.34. The maximum Gasteiger partial charge on any atom is 0.315 e. The van der Waals surface area contributed by atoms with Crippen molar-refractivity contribution in [3.05, 3.63) is 54.4 Å². The van der Waals surface area contributed by atoms with E-state index in [1.54, 1.807) is 0 Å². The van der Waals surface area contributed by atoms with Crippen LogP contribution in [-0.2, 0) is 13.6 Å². The number of para-hydroxylation sites is 2. The number of hydrogen-bond donors (Lipinski definition) is 0. The van der Waals surface area contributed by atoms with Gasteiger partial charge in [-0.1, -0.05) is 18.2 Å². The quantitative estimate of drug-likeness (QED) is 0.392. The molecule has 0 atom stereocenters. The van der Waals surface area contributed by atoms with Crippen molar-refractivity contribution in [3.8, 4) is 11.5 Å². The molecule has 4 heterocycles. The normalized spacial score (nSPS) is 13.1. The Kier molecular flexibility index (Phi) is 1.67. The van der Waals surface area contributed by atoms with Crippen molar-refractivity contribution in [2.45, 2.75) is 6.54 Å². The molecule has 0 bridgehead atoms. The molecule has 96 valence electrons. The minimum absolute atomic E-state index is 0.911. The van der Waals surface area contributed by atoms with Crippen LogP contribution in [0.1, 0.15) is 5.56 Å². The fraction of sp³-hybridized carbons (Fsp3) is 0.125. The van der Waals surface area contributed by atoms with Crippen molar-refractivity contribution in [1.82, 2.24) is 14.0 Å². The summed E-state index contributed by atoms with van der Waals surface area (Å²) in [5.41, 5.74) is 6.08. The molecule has 3 aromatic heterocycles. The number of fused-ring (bicyclic) bond motifs is 7. The summed E-state index contributed by atoms with van der Waals surface area (Å²) in [6, 6.07) is 12.7. The van der Waals surface area contributed by atoms with Gasteiger partial charge in [0.15, 0.2) is 17.4 Å². The van der Waals surface area contributed by atoms with Gasteiger partial charge in [0.1, 0.15) is 6.54 Å². The Morgan fingerprint density at radius 2 is 1.95 bits per heavy atom. The number of aryl methyl sites for hydroxylation is 1. The molecule has 20 heavy (non-hydrogen) atoms. The monoisotopic (exact) mass is 261 g/mol. The van der Waals surface area contributed by atoms with Crippen molar-refractivity contribution in [3.63, 3.8) is 0 Å². The maximum atomic E-state index is 4.59. The minimum atomic E-state index is 0.911. The summed E-state index contributed by atoms with van der Waals surface area (Å²) in [7, 11) is 2.12. The highest BCUT2D eigenvalue weighted by molar-refractivity contribution is 5.83. The van der Waals surface area contributed by atoms with E-state index in [4.69, 9.17) is 0 Å². The van der Waals surface area contributed by atoms with Gasteiger partial charge in [-0.25, -0.2) is 9.55 Å². The standard InChI is InChI=1S/C16H13N4/c1-18-12-6-2-3-7-13(12)20-14(18)10-19-9-11-5-4-8-17-15(11)16(19)20/h2-8,10H,9H2,1H3/q+1. The van der Waals surface area contributed by atoms with Crippen LogP contribution < -0.4 is 4.57 Å². The third kappa shape index (κ3) is 1.04. The first-order valence-electron chi connectivity index (χ1n) is 6.77. The average Bonchev–Trinajstić information content (AvgIpc) is 3.08. The van der Waals surface area contributed by atoms with Gasteiger partial charge in [0.2, 0.25) is 5.65 Å². The number of pyridine rings is 1. The molecule has 0 saturated heterocycles. The molecule has 0 unspecified atom stereocenters. The lowest BCUT2D eigenvalue weighted by Crippen LogP contribution is -2.29. The molecule has 5 rings (SSSR count). The van der Waals surface area contributed by atoms with Crippen LogP contribution >= 0.6 is 0 Å². The average molecular weight is 261 g/mol. The summed E-state index contributed by atoms with van der Waals surface area (Å²) in [5.74, 6) is 1.19. The van der Waals surface area contributed by atoms with Crippen LogP contribution in [0.25, 0.3) is 28.2 Å². The van der Waals surface area contributed by atoms with E-state index in [-0.39, 0.29) is 0 Å². The van der Waals surface area contributed by atoms with E-state index in [1.807, 2.05) is 12.3 Å². The van der Waals surface area contributed by atoms with Gasteiger partial charge in [0.05, 0.1) is 5.52 Å². The molecular formula is C16H13N4+. The topological polar surface area (TPSA) is 26.1 Å².